The Labute approximate surface area is 83.4 Å². The van der Waals surface area contributed by atoms with Gasteiger partial charge >= 0.3 is 0 Å². The van der Waals surface area contributed by atoms with Crippen LogP contribution in [0.4, 0.5) is 17.1 Å². The molecule has 1 rings (SSSR count). The summed E-state index contributed by atoms with van der Waals surface area (Å²) in [6, 6.07) is 4.92. The van der Waals surface area contributed by atoms with Crippen molar-refractivity contribution in [2.45, 2.75) is 0 Å². The Morgan fingerprint density at radius 1 is 1.36 bits per heavy atom. The third-order valence-electron chi connectivity index (χ3n) is 1.62. The number of nitrogens with one attached hydrogen (secondary N) is 2. The van der Waals surface area contributed by atoms with Crippen molar-refractivity contribution in [3.05, 3.63) is 18.2 Å². The number of anilines is 3. The van der Waals surface area contributed by atoms with Crippen LogP contribution in [0.15, 0.2) is 18.2 Å². The Bertz CT molecular complexity index is 428. The van der Waals surface area contributed by atoms with Crippen LogP contribution >= 0.6 is 0 Å². The maximum absolute atomic E-state index is 10.9. The minimum atomic E-state index is -3.24. The lowest BCUT2D eigenvalue weighted by atomic mass is 10.2. The van der Waals surface area contributed by atoms with Crippen molar-refractivity contribution in [1.29, 1.82) is 0 Å². The van der Waals surface area contributed by atoms with Gasteiger partial charge in [0.05, 0.1) is 23.3 Å². The molecule has 0 spiro atoms. The van der Waals surface area contributed by atoms with Crippen LogP contribution in [0, 0.1) is 0 Å². The maximum Gasteiger partial charge on any atom is 0.229 e. The van der Waals surface area contributed by atoms with E-state index < -0.39 is 10.0 Å². The number of hydrogen-bond donors (Lipinski definition) is 3. The van der Waals surface area contributed by atoms with Gasteiger partial charge in [0, 0.05) is 7.05 Å². The average Bonchev–Trinajstić information content (AvgIpc) is 2.01. The van der Waals surface area contributed by atoms with E-state index in [1.54, 1.807) is 25.2 Å². The van der Waals surface area contributed by atoms with Crippen LogP contribution in [0.3, 0.4) is 0 Å². The summed E-state index contributed by atoms with van der Waals surface area (Å²) in [5, 5.41) is 2.88. The maximum atomic E-state index is 10.9. The first-order chi connectivity index (χ1) is 6.42. The zero-order valence-electron chi connectivity index (χ0n) is 8.03. The molecule has 1 aromatic rings. The van der Waals surface area contributed by atoms with Gasteiger partial charge in [-0.3, -0.25) is 4.72 Å². The van der Waals surface area contributed by atoms with Crippen molar-refractivity contribution >= 4 is 27.1 Å². The molecule has 0 atom stereocenters. The summed E-state index contributed by atoms with van der Waals surface area (Å²) < 4.78 is 24.1. The highest BCUT2D eigenvalue weighted by Crippen LogP contribution is 2.22. The van der Waals surface area contributed by atoms with E-state index in [9.17, 15) is 8.42 Å². The van der Waals surface area contributed by atoms with Gasteiger partial charge in [-0.05, 0) is 18.2 Å². The Kier molecular flexibility index (Phi) is 2.85. The predicted molar refractivity (Wildman–Crippen MR) is 58.9 cm³/mol. The highest BCUT2D eigenvalue weighted by atomic mass is 32.2. The van der Waals surface area contributed by atoms with Crippen LogP contribution in [0.2, 0.25) is 0 Å². The summed E-state index contributed by atoms with van der Waals surface area (Å²) in [6.45, 7) is 0. The van der Waals surface area contributed by atoms with Crippen LogP contribution in [0.25, 0.3) is 0 Å². The largest absolute Gasteiger partial charge is 0.397 e. The van der Waals surface area contributed by atoms with Gasteiger partial charge < -0.3 is 11.1 Å². The SMILES string of the molecule is CNc1ccc(NS(C)(=O)=O)cc1N. The predicted octanol–water partition coefficient (Wildman–Crippen LogP) is 0.682. The molecular weight excluding hydrogens is 202 g/mol. The molecule has 78 valence electrons. The minimum Gasteiger partial charge on any atom is -0.397 e. The standard InChI is InChI=1S/C8H13N3O2S/c1-10-8-4-3-6(5-7(8)9)11-14(2,12)13/h3-5,10-11H,9H2,1-2H3. The summed E-state index contributed by atoms with van der Waals surface area (Å²) in [5.74, 6) is 0. The van der Waals surface area contributed by atoms with Crippen molar-refractivity contribution in [2.75, 3.05) is 29.1 Å². The molecule has 14 heavy (non-hydrogen) atoms. The van der Waals surface area contributed by atoms with E-state index >= 15 is 0 Å². The highest BCUT2D eigenvalue weighted by Gasteiger charge is 2.03. The van der Waals surface area contributed by atoms with E-state index in [-0.39, 0.29) is 0 Å². The lowest BCUT2D eigenvalue weighted by molar-refractivity contribution is 0.607. The van der Waals surface area contributed by atoms with Gasteiger partial charge in [-0.15, -0.1) is 0 Å². The molecule has 0 fully saturated rings. The Morgan fingerprint density at radius 3 is 2.43 bits per heavy atom. The molecule has 0 bridgehead atoms. The normalized spacial score (nSPS) is 11.0. The average molecular weight is 215 g/mol. The lowest BCUT2D eigenvalue weighted by Crippen LogP contribution is -2.09. The Morgan fingerprint density at radius 2 is 2.00 bits per heavy atom. The first-order valence-electron chi connectivity index (χ1n) is 3.97. The van der Waals surface area contributed by atoms with Crippen molar-refractivity contribution in [1.82, 2.24) is 0 Å². The minimum absolute atomic E-state index is 0.462. The van der Waals surface area contributed by atoms with Crippen LogP contribution in [-0.2, 0) is 10.0 Å². The third-order valence-corrected chi connectivity index (χ3v) is 2.23. The molecule has 0 heterocycles. The second kappa shape index (κ2) is 3.75. The van der Waals surface area contributed by atoms with Crippen molar-refractivity contribution in [3.8, 4) is 0 Å². The first kappa shape index (κ1) is 10.6. The van der Waals surface area contributed by atoms with E-state index in [1.165, 1.54) is 0 Å². The lowest BCUT2D eigenvalue weighted by Gasteiger charge is -2.08. The number of hydrogen-bond acceptors (Lipinski definition) is 4. The summed E-state index contributed by atoms with van der Waals surface area (Å²) in [4.78, 5) is 0. The molecule has 5 nitrogen and oxygen atoms in total. The van der Waals surface area contributed by atoms with Gasteiger partial charge in [0.2, 0.25) is 10.0 Å². The van der Waals surface area contributed by atoms with Gasteiger partial charge in [0.15, 0.2) is 0 Å². The van der Waals surface area contributed by atoms with Crippen LogP contribution in [0.1, 0.15) is 0 Å². The number of nitrogen functional groups attached to an aromatic ring is 1. The molecule has 0 aromatic heterocycles. The molecule has 0 aliphatic rings. The van der Waals surface area contributed by atoms with Crippen LogP contribution in [-0.4, -0.2) is 21.7 Å². The molecule has 0 amide bonds. The van der Waals surface area contributed by atoms with E-state index in [4.69, 9.17) is 5.73 Å². The van der Waals surface area contributed by atoms with Crippen LogP contribution in [0.5, 0.6) is 0 Å². The van der Waals surface area contributed by atoms with Crippen molar-refractivity contribution < 1.29 is 8.42 Å². The second-order valence-electron chi connectivity index (χ2n) is 2.93. The molecule has 0 aliphatic heterocycles. The quantitative estimate of drug-likeness (QED) is 0.647. The van der Waals surface area contributed by atoms with E-state index in [0.717, 1.165) is 11.9 Å². The summed E-state index contributed by atoms with van der Waals surface area (Å²) >= 11 is 0. The number of sulfonamides is 1. The molecular formula is C8H13N3O2S. The summed E-state index contributed by atoms with van der Waals surface area (Å²) in [7, 11) is -1.49. The van der Waals surface area contributed by atoms with E-state index in [2.05, 4.69) is 10.0 Å². The first-order valence-corrected chi connectivity index (χ1v) is 5.86. The second-order valence-corrected chi connectivity index (χ2v) is 4.67. The fourth-order valence-electron chi connectivity index (χ4n) is 1.07. The molecule has 0 aliphatic carbocycles. The van der Waals surface area contributed by atoms with Crippen LogP contribution < -0.4 is 15.8 Å². The Hall–Kier alpha value is -1.43. The summed E-state index contributed by atoms with van der Waals surface area (Å²) in [5.41, 5.74) is 7.38. The fraction of sp³-hybridized carbons (Fsp3) is 0.250. The molecule has 0 saturated heterocycles. The van der Waals surface area contributed by atoms with Gasteiger partial charge in [0.1, 0.15) is 0 Å². The van der Waals surface area contributed by atoms with Crippen molar-refractivity contribution in [2.24, 2.45) is 0 Å². The topological polar surface area (TPSA) is 84.2 Å². The highest BCUT2D eigenvalue weighted by molar-refractivity contribution is 7.92. The molecule has 1 aromatic carbocycles. The number of rotatable bonds is 3. The van der Waals surface area contributed by atoms with Gasteiger partial charge in [-0.25, -0.2) is 8.42 Å². The zero-order chi connectivity index (χ0) is 10.8. The number of benzene rings is 1. The molecule has 0 radical (unpaired) electrons. The Balaban J connectivity index is 2.98. The fourth-order valence-corrected chi connectivity index (χ4v) is 1.62. The third kappa shape index (κ3) is 2.81. The summed E-state index contributed by atoms with van der Waals surface area (Å²) in [6.07, 6.45) is 1.09. The monoisotopic (exact) mass is 215 g/mol. The van der Waals surface area contributed by atoms with Gasteiger partial charge in [-0.2, -0.15) is 0 Å². The molecule has 4 N–H and O–H groups in total. The van der Waals surface area contributed by atoms with E-state index in [0.29, 0.717) is 11.4 Å². The van der Waals surface area contributed by atoms with E-state index in [1.807, 2.05) is 0 Å². The smallest absolute Gasteiger partial charge is 0.229 e. The zero-order valence-corrected chi connectivity index (χ0v) is 8.85. The van der Waals surface area contributed by atoms with Crippen molar-refractivity contribution in [3.63, 3.8) is 0 Å². The number of nitrogens with two attached hydrogens (primary N) is 1. The van der Waals surface area contributed by atoms with Gasteiger partial charge in [0.25, 0.3) is 0 Å². The molecule has 6 heteroatoms. The van der Waals surface area contributed by atoms with Gasteiger partial charge in [-0.1, -0.05) is 0 Å². The molecule has 0 saturated carbocycles. The molecule has 0 unspecified atom stereocenters.